The van der Waals surface area contributed by atoms with E-state index in [0.29, 0.717) is 39.2 Å². The SMILES string of the molecule is Cc1[nH]nc2nc(SCC(=O)NCc3ccco3)n(-c3cccc(Cl)c3)c(=N)c12. The molecule has 148 valence electrons. The Labute approximate surface area is 174 Å². The molecule has 1 aromatic carbocycles. The number of benzene rings is 1. The van der Waals surface area contributed by atoms with Crippen LogP contribution in [0.1, 0.15) is 11.5 Å². The number of thioether (sulfide) groups is 1. The minimum absolute atomic E-state index is 0.128. The molecule has 0 saturated heterocycles. The molecule has 0 aliphatic rings. The summed E-state index contributed by atoms with van der Waals surface area (Å²) in [6.45, 7) is 2.15. The van der Waals surface area contributed by atoms with Gasteiger partial charge in [0.15, 0.2) is 10.8 Å². The maximum Gasteiger partial charge on any atom is 0.230 e. The van der Waals surface area contributed by atoms with Gasteiger partial charge in [-0.25, -0.2) is 4.98 Å². The zero-order valence-corrected chi connectivity index (χ0v) is 17.0. The highest BCUT2D eigenvalue weighted by molar-refractivity contribution is 7.99. The van der Waals surface area contributed by atoms with Crippen molar-refractivity contribution in [3.63, 3.8) is 0 Å². The average Bonchev–Trinajstić information content (AvgIpc) is 3.34. The fourth-order valence-corrected chi connectivity index (χ4v) is 3.88. The summed E-state index contributed by atoms with van der Waals surface area (Å²) in [7, 11) is 0. The molecule has 3 N–H and O–H groups in total. The van der Waals surface area contributed by atoms with E-state index in [1.165, 1.54) is 11.8 Å². The van der Waals surface area contributed by atoms with E-state index in [-0.39, 0.29) is 17.1 Å². The van der Waals surface area contributed by atoms with Crippen molar-refractivity contribution in [3.8, 4) is 5.69 Å². The monoisotopic (exact) mass is 428 g/mol. The minimum atomic E-state index is -0.171. The number of carbonyl (C=O) groups excluding carboxylic acids is 1. The third-order valence-corrected chi connectivity index (χ3v) is 5.39. The van der Waals surface area contributed by atoms with Gasteiger partial charge in [0.1, 0.15) is 11.2 Å². The van der Waals surface area contributed by atoms with Crippen molar-refractivity contribution >= 4 is 40.3 Å². The standard InChI is InChI=1S/C19H17ClN6O2S/c1-11-16-17(21)26(13-5-2-4-12(20)8-13)19(23-18(16)25-24-11)29-10-15(27)22-9-14-6-3-7-28-14/h2-8,21H,9-10H2,1H3,(H,22,27)(H,24,25). The van der Waals surface area contributed by atoms with E-state index < -0.39 is 0 Å². The smallest absolute Gasteiger partial charge is 0.230 e. The quantitative estimate of drug-likeness (QED) is 0.322. The third-order valence-electron chi connectivity index (χ3n) is 4.22. The van der Waals surface area contributed by atoms with E-state index in [2.05, 4.69) is 20.5 Å². The first kappa shape index (κ1) is 19.3. The molecule has 3 heterocycles. The lowest BCUT2D eigenvalue weighted by Crippen LogP contribution is -2.26. The van der Waals surface area contributed by atoms with Crippen LogP contribution >= 0.6 is 23.4 Å². The summed E-state index contributed by atoms with van der Waals surface area (Å²) in [6, 6.07) is 10.7. The number of halogens is 1. The molecule has 0 radical (unpaired) electrons. The van der Waals surface area contributed by atoms with Gasteiger partial charge in [-0.15, -0.1) is 0 Å². The number of nitrogens with zero attached hydrogens (tertiary/aromatic N) is 3. The number of fused-ring (bicyclic) bond motifs is 1. The van der Waals surface area contributed by atoms with Gasteiger partial charge in [-0.1, -0.05) is 29.4 Å². The first-order valence-electron chi connectivity index (χ1n) is 8.73. The molecule has 1 amide bonds. The van der Waals surface area contributed by atoms with Crippen molar-refractivity contribution in [2.45, 2.75) is 18.6 Å². The topological polar surface area (TPSA) is 113 Å². The second kappa shape index (κ2) is 8.14. The first-order chi connectivity index (χ1) is 14.0. The molecule has 0 saturated carbocycles. The van der Waals surface area contributed by atoms with Gasteiger partial charge in [-0.2, -0.15) is 5.10 Å². The summed E-state index contributed by atoms with van der Waals surface area (Å²) in [5.41, 5.74) is 2.10. The molecule has 0 atom stereocenters. The average molecular weight is 429 g/mol. The Hall–Kier alpha value is -3.04. The van der Waals surface area contributed by atoms with Crippen molar-refractivity contribution < 1.29 is 9.21 Å². The molecule has 0 unspecified atom stereocenters. The summed E-state index contributed by atoms with van der Waals surface area (Å²) in [4.78, 5) is 16.8. The van der Waals surface area contributed by atoms with E-state index in [1.54, 1.807) is 41.2 Å². The molecule has 0 fully saturated rings. The largest absolute Gasteiger partial charge is 0.467 e. The fourth-order valence-electron chi connectivity index (χ4n) is 2.86. The number of hydrogen-bond acceptors (Lipinski definition) is 6. The Kier molecular flexibility index (Phi) is 5.41. The van der Waals surface area contributed by atoms with E-state index in [9.17, 15) is 4.79 Å². The molecule has 10 heteroatoms. The lowest BCUT2D eigenvalue weighted by atomic mass is 10.3. The van der Waals surface area contributed by atoms with Crippen molar-refractivity contribution in [2.24, 2.45) is 0 Å². The second-order valence-electron chi connectivity index (χ2n) is 6.25. The summed E-state index contributed by atoms with van der Waals surface area (Å²) in [6.07, 6.45) is 1.56. The normalized spacial score (nSPS) is 11.1. The Morgan fingerprint density at radius 1 is 1.38 bits per heavy atom. The van der Waals surface area contributed by atoms with Gasteiger partial charge in [-0.3, -0.25) is 19.9 Å². The van der Waals surface area contributed by atoms with Crippen LogP contribution in [0.2, 0.25) is 5.02 Å². The summed E-state index contributed by atoms with van der Waals surface area (Å²) >= 11 is 7.38. The number of hydrogen-bond donors (Lipinski definition) is 3. The predicted molar refractivity (Wildman–Crippen MR) is 110 cm³/mol. The lowest BCUT2D eigenvalue weighted by molar-refractivity contribution is -0.118. The van der Waals surface area contributed by atoms with Crippen LogP contribution in [0.5, 0.6) is 0 Å². The van der Waals surface area contributed by atoms with E-state index in [0.717, 1.165) is 5.69 Å². The molecule has 4 rings (SSSR count). The van der Waals surface area contributed by atoms with Crippen molar-refractivity contribution in [1.29, 1.82) is 5.41 Å². The highest BCUT2D eigenvalue weighted by Gasteiger charge is 2.16. The Morgan fingerprint density at radius 2 is 2.24 bits per heavy atom. The van der Waals surface area contributed by atoms with Crippen molar-refractivity contribution in [1.82, 2.24) is 25.1 Å². The zero-order chi connectivity index (χ0) is 20.4. The molecule has 0 bridgehead atoms. The molecule has 0 spiro atoms. The van der Waals surface area contributed by atoms with E-state index >= 15 is 0 Å². The number of amides is 1. The van der Waals surface area contributed by atoms with Crippen LogP contribution in [0.3, 0.4) is 0 Å². The summed E-state index contributed by atoms with van der Waals surface area (Å²) in [5.74, 6) is 0.635. The van der Waals surface area contributed by atoms with Crippen molar-refractivity contribution in [3.05, 3.63) is 64.6 Å². The highest BCUT2D eigenvalue weighted by atomic mass is 35.5. The molecule has 0 aliphatic heterocycles. The van der Waals surface area contributed by atoms with Gasteiger partial charge < -0.3 is 9.73 Å². The number of rotatable bonds is 6. The number of nitrogens with one attached hydrogen (secondary N) is 3. The van der Waals surface area contributed by atoms with Gasteiger partial charge in [0.05, 0.1) is 29.6 Å². The Balaban J connectivity index is 1.65. The lowest BCUT2D eigenvalue weighted by Gasteiger charge is -2.13. The summed E-state index contributed by atoms with van der Waals surface area (Å²) < 4.78 is 6.88. The van der Waals surface area contributed by atoms with Crippen LogP contribution in [0.4, 0.5) is 0 Å². The first-order valence-corrected chi connectivity index (χ1v) is 10.1. The molecule has 0 aliphatic carbocycles. The number of furan rings is 1. The molecular formula is C19H17ClN6O2S. The van der Waals surface area contributed by atoms with Gasteiger partial charge in [-0.05, 0) is 37.3 Å². The number of carbonyl (C=O) groups is 1. The van der Waals surface area contributed by atoms with Gasteiger partial charge in [0.25, 0.3) is 0 Å². The van der Waals surface area contributed by atoms with Crippen molar-refractivity contribution in [2.75, 3.05) is 5.75 Å². The minimum Gasteiger partial charge on any atom is -0.467 e. The Morgan fingerprint density at radius 3 is 3.00 bits per heavy atom. The predicted octanol–water partition coefficient (Wildman–Crippen LogP) is 3.19. The molecular weight excluding hydrogens is 412 g/mol. The van der Waals surface area contributed by atoms with Crippen LogP contribution in [0, 0.1) is 12.3 Å². The highest BCUT2D eigenvalue weighted by Crippen LogP contribution is 2.23. The van der Waals surface area contributed by atoms with Crippen LogP contribution in [-0.4, -0.2) is 31.4 Å². The zero-order valence-electron chi connectivity index (χ0n) is 15.4. The van der Waals surface area contributed by atoms with Crippen LogP contribution in [0.25, 0.3) is 16.7 Å². The number of aromatic nitrogens is 4. The molecule has 4 aromatic rings. The second-order valence-corrected chi connectivity index (χ2v) is 7.63. The van der Waals surface area contributed by atoms with E-state index in [1.807, 2.05) is 13.0 Å². The van der Waals surface area contributed by atoms with Crippen LogP contribution < -0.4 is 10.8 Å². The number of aromatic amines is 1. The van der Waals surface area contributed by atoms with E-state index in [4.69, 9.17) is 21.4 Å². The van der Waals surface area contributed by atoms with Gasteiger partial charge in [0.2, 0.25) is 5.91 Å². The van der Waals surface area contributed by atoms with Crippen LogP contribution in [0.15, 0.2) is 52.2 Å². The maximum absolute atomic E-state index is 12.3. The summed E-state index contributed by atoms with van der Waals surface area (Å²) in [5, 5.41) is 20.2. The fraction of sp³-hybridized carbons (Fsp3) is 0.158. The van der Waals surface area contributed by atoms with Gasteiger partial charge >= 0.3 is 0 Å². The third kappa shape index (κ3) is 4.06. The number of aryl methyl sites for hydroxylation is 1. The molecule has 29 heavy (non-hydrogen) atoms. The molecule has 8 nitrogen and oxygen atoms in total. The number of H-pyrrole nitrogens is 1. The maximum atomic E-state index is 12.3. The van der Waals surface area contributed by atoms with Crippen LogP contribution in [-0.2, 0) is 11.3 Å². The van der Waals surface area contributed by atoms with Gasteiger partial charge in [0, 0.05) is 10.7 Å². The molecule has 3 aromatic heterocycles. The Bertz CT molecular complexity index is 1230.